The Hall–Kier alpha value is -2.17. The fourth-order valence-corrected chi connectivity index (χ4v) is 2.26. The van der Waals surface area contributed by atoms with Gasteiger partial charge in [-0.05, 0) is 25.8 Å². The first kappa shape index (κ1) is 16.2. The van der Waals surface area contributed by atoms with E-state index >= 15 is 0 Å². The first-order chi connectivity index (χ1) is 10.3. The average Bonchev–Trinajstić information content (AvgIpc) is 2.48. The van der Waals surface area contributed by atoms with Crippen molar-refractivity contribution in [2.45, 2.75) is 40.3 Å². The van der Waals surface area contributed by atoms with Gasteiger partial charge < -0.3 is 4.90 Å². The third-order valence-electron chi connectivity index (χ3n) is 3.70. The van der Waals surface area contributed by atoms with Crippen LogP contribution in [-0.2, 0) is 6.54 Å². The number of amides is 1. The zero-order chi connectivity index (χ0) is 16.4. The molecule has 0 atom stereocenters. The van der Waals surface area contributed by atoms with Gasteiger partial charge in [0, 0.05) is 25.0 Å². The van der Waals surface area contributed by atoms with Gasteiger partial charge in [-0.2, -0.15) is 5.10 Å². The van der Waals surface area contributed by atoms with Crippen LogP contribution in [0.25, 0.3) is 10.8 Å². The van der Waals surface area contributed by atoms with E-state index in [9.17, 15) is 9.59 Å². The molecule has 0 bridgehead atoms. The molecule has 1 heterocycles. The normalized spacial score (nSPS) is 11.4. The molecular weight excluding hydrogens is 278 g/mol. The molecule has 1 amide bonds. The summed E-state index contributed by atoms with van der Waals surface area (Å²) in [6.45, 7) is 8.43. The molecule has 0 fully saturated rings. The number of hydrogen-bond acceptors (Lipinski definition) is 3. The summed E-state index contributed by atoms with van der Waals surface area (Å²) in [7, 11) is 1.75. The molecule has 0 spiro atoms. The number of aromatic nitrogens is 2. The Kier molecular flexibility index (Phi) is 4.64. The number of carbonyl (C=O) groups is 1. The predicted octanol–water partition coefficient (Wildman–Crippen LogP) is 2.53. The van der Waals surface area contributed by atoms with Gasteiger partial charge in [0.15, 0.2) is 5.69 Å². The number of rotatable bonds is 4. The molecule has 0 aliphatic heterocycles. The van der Waals surface area contributed by atoms with Crippen LogP contribution < -0.4 is 5.56 Å². The molecule has 22 heavy (non-hydrogen) atoms. The molecule has 0 radical (unpaired) electrons. The summed E-state index contributed by atoms with van der Waals surface area (Å²) in [5.74, 6) is 0.112. The van der Waals surface area contributed by atoms with Crippen molar-refractivity contribution in [3.8, 4) is 0 Å². The minimum atomic E-state index is -0.163. The van der Waals surface area contributed by atoms with E-state index in [1.165, 1.54) is 4.68 Å². The third-order valence-corrected chi connectivity index (χ3v) is 3.70. The maximum atomic E-state index is 12.7. The number of nitrogens with zero attached hydrogens (tertiary/aromatic N) is 3. The molecule has 0 unspecified atom stereocenters. The Morgan fingerprint density at radius 3 is 2.32 bits per heavy atom. The Morgan fingerprint density at radius 1 is 1.18 bits per heavy atom. The minimum absolute atomic E-state index is 0.0681. The fourth-order valence-electron chi connectivity index (χ4n) is 2.26. The molecule has 1 aromatic carbocycles. The summed E-state index contributed by atoms with van der Waals surface area (Å²) in [5.41, 5.74) is 0.195. The first-order valence-electron chi connectivity index (χ1n) is 7.60. The van der Waals surface area contributed by atoms with E-state index in [0.717, 1.165) is 0 Å². The van der Waals surface area contributed by atoms with E-state index in [0.29, 0.717) is 23.0 Å². The van der Waals surface area contributed by atoms with Crippen molar-refractivity contribution in [3.05, 3.63) is 40.3 Å². The molecule has 0 saturated heterocycles. The number of fused-ring (bicyclic) bond motifs is 1. The Labute approximate surface area is 130 Å². The lowest BCUT2D eigenvalue weighted by molar-refractivity contribution is 0.0748. The standard InChI is InChI=1S/C17H23N3O2/c1-11(2)10-20-16(21)14-9-7-6-8-13(14)15(18-20)17(22)19(5)12(3)4/h6-9,11-12H,10H2,1-5H3. The first-order valence-corrected chi connectivity index (χ1v) is 7.60. The van der Waals surface area contributed by atoms with Crippen LogP contribution >= 0.6 is 0 Å². The molecule has 5 heteroatoms. The largest absolute Gasteiger partial charge is 0.338 e. The van der Waals surface area contributed by atoms with E-state index in [4.69, 9.17) is 0 Å². The summed E-state index contributed by atoms with van der Waals surface area (Å²) in [6.07, 6.45) is 0. The van der Waals surface area contributed by atoms with Crippen molar-refractivity contribution >= 4 is 16.7 Å². The van der Waals surface area contributed by atoms with E-state index in [1.54, 1.807) is 24.1 Å². The molecule has 0 aliphatic rings. The van der Waals surface area contributed by atoms with E-state index in [-0.39, 0.29) is 23.4 Å². The maximum Gasteiger partial charge on any atom is 0.274 e. The van der Waals surface area contributed by atoms with Crippen molar-refractivity contribution < 1.29 is 4.79 Å². The molecule has 5 nitrogen and oxygen atoms in total. The lowest BCUT2D eigenvalue weighted by atomic mass is 10.1. The molecule has 2 rings (SSSR count). The van der Waals surface area contributed by atoms with Gasteiger partial charge in [-0.1, -0.05) is 32.0 Å². The summed E-state index contributed by atoms with van der Waals surface area (Å²) < 4.78 is 1.41. The molecule has 2 aromatic rings. The van der Waals surface area contributed by atoms with Crippen LogP contribution in [0.15, 0.2) is 29.1 Å². The number of carbonyl (C=O) groups excluding carboxylic acids is 1. The van der Waals surface area contributed by atoms with Gasteiger partial charge in [-0.15, -0.1) is 0 Å². The monoisotopic (exact) mass is 301 g/mol. The Bertz CT molecular complexity index is 747. The van der Waals surface area contributed by atoms with Crippen LogP contribution in [-0.4, -0.2) is 33.7 Å². The van der Waals surface area contributed by atoms with Gasteiger partial charge in [-0.25, -0.2) is 4.68 Å². The molecule has 0 N–H and O–H groups in total. The third kappa shape index (κ3) is 3.03. The summed E-state index contributed by atoms with van der Waals surface area (Å²) >= 11 is 0. The molecule has 1 aromatic heterocycles. The van der Waals surface area contributed by atoms with E-state index in [1.807, 2.05) is 39.8 Å². The summed E-state index contributed by atoms with van der Waals surface area (Å²) in [6, 6.07) is 7.23. The molecule has 0 aliphatic carbocycles. The fraction of sp³-hybridized carbons (Fsp3) is 0.471. The van der Waals surface area contributed by atoms with Gasteiger partial charge >= 0.3 is 0 Å². The van der Waals surface area contributed by atoms with Crippen molar-refractivity contribution in [1.82, 2.24) is 14.7 Å². The lowest BCUT2D eigenvalue weighted by Crippen LogP contribution is -2.36. The van der Waals surface area contributed by atoms with Crippen LogP contribution in [0.1, 0.15) is 38.2 Å². The highest BCUT2D eigenvalue weighted by Gasteiger charge is 2.21. The zero-order valence-corrected chi connectivity index (χ0v) is 13.8. The second kappa shape index (κ2) is 6.30. The molecule has 118 valence electrons. The highest BCUT2D eigenvalue weighted by Crippen LogP contribution is 2.16. The second-order valence-corrected chi connectivity index (χ2v) is 6.29. The van der Waals surface area contributed by atoms with Crippen LogP contribution in [0, 0.1) is 5.92 Å². The van der Waals surface area contributed by atoms with Gasteiger partial charge in [0.2, 0.25) is 0 Å². The highest BCUT2D eigenvalue weighted by atomic mass is 16.2. The van der Waals surface area contributed by atoms with Gasteiger partial charge in [0.1, 0.15) is 0 Å². The Balaban J connectivity index is 2.69. The van der Waals surface area contributed by atoms with Crippen molar-refractivity contribution in [1.29, 1.82) is 0 Å². The van der Waals surface area contributed by atoms with Gasteiger partial charge in [-0.3, -0.25) is 9.59 Å². The number of hydrogen-bond donors (Lipinski definition) is 0. The van der Waals surface area contributed by atoms with Crippen molar-refractivity contribution in [3.63, 3.8) is 0 Å². The summed E-state index contributed by atoms with van der Waals surface area (Å²) in [5, 5.41) is 5.51. The smallest absolute Gasteiger partial charge is 0.274 e. The zero-order valence-electron chi connectivity index (χ0n) is 13.8. The topological polar surface area (TPSA) is 55.2 Å². The van der Waals surface area contributed by atoms with Crippen LogP contribution in [0.4, 0.5) is 0 Å². The Morgan fingerprint density at radius 2 is 1.77 bits per heavy atom. The SMILES string of the molecule is CC(C)Cn1nc(C(=O)N(C)C(C)C)c2ccccc2c1=O. The predicted molar refractivity (Wildman–Crippen MR) is 88.1 cm³/mol. The molecular formula is C17H23N3O2. The van der Waals surface area contributed by atoms with Crippen molar-refractivity contribution in [2.75, 3.05) is 7.05 Å². The van der Waals surface area contributed by atoms with Crippen LogP contribution in [0.5, 0.6) is 0 Å². The maximum absolute atomic E-state index is 12.7. The average molecular weight is 301 g/mol. The van der Waals surface area contributed by atoms with E-state index in [2.05, 4.69) is 5.10 Å². The van der Waals surface area contributed by atoms with E-state index < -0.39 is 0 Å². The van der Waals surface area contributed by atoms with Gasteiger partial charge in [0.25, 0.3) is 11.5 Å². The number of benzene rings is 1. The molecule has 0 saturated carbocycles. The summed E-state index contributed by atoms with van der Waals surface area (Å²) in [4.78, 5) is 26.9. The highest BCUT2D eigenvalue weighted by molar-refractivity contribution is 6.04. The van der Waals surface area contributed by atoms with Crippen molar-refractivity contribution in [2.24, 2.45) is 5.92 Å². The quantitative estimate of drug-likeness (QED) is 0.872. The van der Waals surface area contributed by atoms with Crippen LogP contribution in [0.3, 0.4) is 0 Å². The van der Waals surface area contributed by atoms with Gasteiger partial charge in [0.05, 0.1) is 5.39 Å². The minimum Gasteiger partial charge on any atom is -0.338 e. The second-order valence-electron chi connectivity index (χ2n) is 6.29. The lowest BCUT2D eigenvalue weighted by Gasteiger charge is -2.22. The van der Waals surface area contributed by atoms with Crippen LogP contribution in [0.2, 0.25) is 0 Å².